The predicted molar refractivity (Wildman–Crippen MR) is 84.2 cm³/mol. The van der Waals surface area contributed by atoms with Gasteiger partial charge in [0.05, 0.1) is 18.3 Å². The second kappa shape index (κ2) is 5.97. The van der Waals surface area contributed by atoms with Crippen molar-refractivity contribution in [3.63, 3.8) is 0 Å². The summed E-state index contributed by atoms with van der Waals surface area (Å²) in [7, 11) is 3.72. The van der Waals surface area contributed by atoms with Gasteiger partial charge in [-0.2, -0.15) is 0 Å². The largest absolute Gasteiger partial charge is 0.495 e. The molecule has 0 aliphatic rings. The van der Waals surface area contributed by atoms with Crippen LogP contribution in [0.1, 0.15) is 12.5 Å². The van der Waals surface area contributed by atoms with Crippen LogP contribution >= 0.6 is 0 Å². The van der Waals surface area contributed by atoms with E-state index >= 15 is 0 Å². The molecule has 106 valence electrons. The number of likely N-dealkylation sites (N-methyl/N-ethyl adjacent to an activating group) is 1. The molecule has 2 N–H and O–H groups in total. The Morgan fingerprint density at radius 3 is 2.30 bits per heavy atom. The topological polar surface area (TPSA) is 38.5 Å². The van der Waals surface area contributed by atoms with Crippen LogP contribution in [0, 0.1) is 0 Å². The molecule has 0 saturated heterocycles. The third-order valence-corrected chi connectivity index (χ3v) is 3.50. The fraction of sp³-hybridized carbons (Fsp3) is 0.294. The first-order valence-corrected chi connectivity index (χ1v) is 6.73. The lowest BCUT2D eigenvalue weighted by Crippen LogP contribution is -2.44. The van der Waals surface area contributed by atoms with E-state index in [-0.39, 0.29) is 0 Å². The van der Waals surface area contributed by atoms with Gasteiger partial charge in [0.1, 0.15) is 5.75 Å². The smallest absolute Gasteiger partial charge is 0.142 e. The molecule has 0 fully saturated rings. The molecule has 2 aromatic carbocycles. The van der Waals surface area contributed by atoms with Gasteiger partial charge in [0, 0.05) is 13.6 Å². The van der Waals surface area contributed by atoms with Gasteiger partial charge in [-0.05, 0) is 24.6 Å². The fourth-order valence-electron chi connectivity index (χ4n) is 2.43. The lowest BCUT2D eigenvalue weighted by molar-refractivity contribution is 0.412. The summed E-state index contributed by atoms with van der Waals surface area (Å²) in [6.45, 7) is 2.76. The zero-order valence-corrected chi connectivity index (χ0v) is 12.3. The van der Waals surface area contributed by atoms with Gasteiger partial charge < -0.3 is 15.4 Å². The van der Waals surface area contributed by atoms with Crippen molar-refractivity contribution in [3.8, 4) is 5.75 Å². The van der Waals surface area contributed by atoms with Crippen LogP contribution in [-0.4, -0.2) is 20.7 Å². The Kier molecular flexibility index (Phi) is 4.30. The molecule has 1 unspecified atom stereocenters. The fourth-order valence-corrected chi connectivity index (χ4v) is 2.43. The molecular weight excluding hydrogens is 248 g/mol. The van der Waals surface area contributed by atoms with Gasteiger partial charge >= 0.3 is 0 Å². The van der Waals surface area contributed by atoms with E-state index in [2.05, 4.69) is 17.0 Å². The van der Waals surface area contributed by atoms with Gasteiger partial charge in [0.2, 0.25) is 0 Å². The lowest BCUT2D eigenvalue weighted by Gasteiger charge is -2.32. The van der Waals surface area contributed by atoms with Crippen molar-refractivity contribution in [2.45, 2.75) is 12.5 Å². The highest BCUT2D eigenvalue weighted by Crippen LogP contribution is 2.29. The third kappa shape index (κ3) is 3.11. The summed E-state index contributed by atoms with van der Waals surface area (Å²) < 4.78 is 5.40. The Morgan fingerprint density at radius 2 is 1.65 bits per heavy atom. The van der Waals surface area contributed by atoms with E-state index in [1.807, 2.05) is 56.4 Å². The zero-order chi connectivity index (χ0) is 14.6. The van der Waals surface area contributed by atoms with E-state index in [1.165, 1.54) is 0 Å². The van der Waals surface area contributed by atoms with Gasteiger partial charge in [-0.1, -0.05) is 42.5 Å². The number of ether oxygens (including phenoxy) is 1. The second-order valence-electron chi connectivity index (χ2n) is 5.31. The van der Waals surface area contributed by atoms with Crippen LogP contribution in [0.5, 0.6) is 5.75 Å². The molecule has 0 saturated carbocycles. The number of methoxy groups -OCH3 is 1. The lowest BCUT2D eigenvalue weighted by atomic mass is 9.92. The molecule has 1 atom stereocenters. The summed E-state index contributed by atoms with van der Waals surface area (Å²) in [5.74, 6) is 0.860. The first kappa shape index (κ1) is 14.4. The van der Waals surface area contributed by atoms with E-state index in [1.54, 1.807) is 7.11 Å². The van der Waals surface area contributed by atoms with Crippen molar-refractivity contribution in [1.82, 2.24) is 0 Å². The van der Waals surface area contributed by atoms with Crippen molar-refractivity contribution < 1.29 is 4.74 Å². The number of nitrogens with two attached hydrogens (primary N) is 1. The molecule has 2 aromatic rings. The summed E-state index contributed by atoms with van der Waals surface area (Å²) in [4.78, 5) is 2.13. The van der Waals surface area contributed by atoms with E-state index in [0.717, 1.165) is 17.0 Å². The number of para-hydroxylation sites is 2. The third-order valence-electron chi connectivity index (χ3n) is 3.50. The minimum Gasteiger partial charge on any atom is -0.495 e. The van der Waals surface area contributed by atoms with Crippen LogP contribution in [0.15, 0.2) is 54.6 Å². The van der Waals surface area contributed by atoms with Crippen LogP contribution in [0.3, 0.4) is 0 Å². The predicted octanol–water partition coefficient (Wildman–Crippen LogP) is 3.01. The molecule has 0 radical (unpaired) electrons. The summed E-state index contributed by atoms with van der Waals surface area (Å²) in [6.07, 6.45) is 0. The van der Waals surface area contributed by atoms with Crippen LogP contribution < -0.4 is 15.4 Å². The molecule has 2 rings (SSSR count). The van der Waals surface area contributed by atoms with Crippen LogP contribution in [0.4, 0.5) is 5.69 Å². The van der Waals surface area contributed by atoms with Gasteiger partial charge in [-0.15, -0.1) is 0 Å². The Bertz CT molecular complexity index is 552. The quantitative estimate of drug-likeness (QED) is 0.907. The molecule has 0 amide bonds. The van der Waals surface area contributed by atoms with Gasteiger partial charge in [0.15, 0.2) is 0 Å². The molecule has 3 nitrogen and oxygen atoms in total. The van der Waals surface area contributed by atoms with E-state index in [0.29, 0.717) is 6.54 Å². The van der Waals surface area contributed by atoms with Crippen molar-refractivity contribution in [2.75, 3.05) is 25.6 Å². The van der Waals surface area contributed by atoms with E-state index < -0.39 is 5.54 Å². The van der Waals surface area contributed by atoms with Gasteiger partial charge in [0.25, 0.3) is 0 Å². The molecule has 0 aromatic heterocycles. The molecule has 0 spiro atoms. The summed E-state index contributed by atoms with van der Waals surface area (Å²) >= 11 is 0. The first-order valence-electron chi connectivity index (χ1n) is 6.73. The molecule has 0 aliphatic carbocycles. The monoisotopic (exact) mass is 270 g/mol. The molecule has 0 bridgehead atoms. The highest BCUT2D eigenvalue weighted by Gasteiger charge is 2.24. The highest BCUT2D eigenvalue weighted by atomic mass is 16.5. The number of benzene rings is 2. The number of nitrogens with zero attached hydrogens (tertiary/aromatic N) is 1. The highest BCUT2D eigenvalue weighted by molar-refractivity contribution is 5.58. The first-order chi connectivity index (χ1) is 9.54. The SMILES string of the molecule is COc1ccccc1N(C)CC(C)(N)c1ccccc1. The average Bonchev–Trinajstić information content (AvgIpc) is 2.47. The van der Waals surface area contributed by atoms with Crippen molar-refractivity contribution in [2.24, 2.45) is 5.73 Å². The van der Waals surface area contributed by atoms with Crippen LogP contribution in [0.25, 0.3) is 0 Å². The maximum atomic E-state index is 6.49. The minimum atomic E-state index is -0.420. The van der Waals surface area contributed by atoms with Crippen molar-refractivity contribution in [3.05, 3.63) is 60.2 Å². The van der Waals surface area contributed by atoms with Crippen molar-refractivity contribution in [1.29, 1.82) is 0 Å². The van der Waals surface area contributed by atoms with Crippen molar-refractivity contribution >= 4 is 5.69 Å². The van der Waals surface area contributed by atoms with Gasteiger partial charge in [-0.25, -0.2) is 0 Å². The van der Waals surface area contributed by atoms with Crippen LogP contribution in [-0.2, 0) is 5.54 Å². The summed E-state index contributed by atoms with van der Waals surface area (Å²) in [6, 6.07) is 18.1. The normalized spacial score (nSPS) is 13.6. The Labute approximate surface area is 121 Å². The molecular formula is C17H22N2O. The summed E-state index contributed by atoms with van der Waals surface area (Å²) in [5.41, 5.74) is 8.24. The maximum Gasteiger partial charge on any atom is 0.142 e. The number of hydrogen-bond donors (Lipinski definition) is 1. The number of hydrogen-bond acceptors (Lipinski definition) is 3. The molecule has 0 aliphatic heterocycles. The van der Waals surface area contributed by atoms with Crippen LogP contribution in [0.2, 0.25) is 0 Å². The average molecular weight is 270 g/mol. The Balaban J connectivity index is 2.21. The number of anilines is 1. The number of rotatable bonds is 5. The maximum absolute atomic E-state index is 6.49. The molecule has 0 heterocycles. The minimum absolute atomic E-state index is 0.420. The van der Waals surface area contributed by atoms with E-state index in [9.17, 15) is 0 Å². The molecule has 3 heteroatoms. The standard InChI is InChI=1S/C17H22N2O/c1-17(18,14-9-5-4-6-10-14)13-19(2)15-11-7-8-12-16(15)20-3/h4-12H,13,18H2,1-3H3. The molecule has 20 heavy (non-hydrogen) atoms. The zero-order valence-electron chi connectivity index (χ0n) is 12.3. The Morgan fingerprint density at radius 1 is 1.05 bits per heavy atom. The second-order valence-corrected chi connectivity index (χ2v) is 5.31. The van der Waals surface area contributed by atoms with E-state index in [4.69, 9.17) is 10.5 Å². The Hall–Kier alpha value is -2.00. The summed E-state index contributed by atoms with van der Waals surface area (Å²) in [5, 5.41) is 0. The van der Waals surface area contributed by atoms with Gasteiger partial charge in [-0.3, -0.25) is 0 Å².